The van der Waals surface area contributed by atoms with Crippen LogP contribution >= 0.6 is 43.2 Å². The zero-order valence-electron chi connectivity index (χ0n) is 9.38. The summed E-state index contributed by atoms with van der Waals surface area (Å²) in [6, 6.07) is 4.72. The van der Waals surface area contributed by atoms with E-state index in [4.69, 9.17) is 0 Å². The van der Waals surface area contributed by atoms with E-state index in [1.165, 1.54) is 32.1 Å². The molecule has 5 heteroatoms. The molecule has 1 aromatic rings. The van der Waals surface area contributed by atoms with E-state index < -0.39 is 0 Å². The van der Waals surface area contributed by atoms with Crippen LogP contribution < -0.4 is 5.32 Å². The van der Waals surface area contributed by atoms with E-state index in [1.54, 1.807) is 11.3 Å². The maximum absolute atomic E-state index is 9.27. The van der Waals surface area contributed by atoms with Crippen LogP contribution in [0.15, 0.2) is 14.3 Å². The molecular formula is C12H14Br2N2S. The molecule has 0 amide bonds. The van der Waals surface area contributed by atoms with Crippen LogP contribution in [-0.2, 0) is 0 Å². The third-order valence-corrected chi connectivity index (χ3v) is 6.41. The highest BCUT2D eigenvalue weighted by Crippen LogP contribution is 2.35. The van der Waals surface area contributed by atoms with Crippen LogP contribution in [0, 0.1) is 11.3 Å². The minimum Gasteiger partial charge on any atom is -0.295 e. The lowest BCUT2D eigenvalue weighted by atomic mass is 9.95. The smallest absolute Gasteiger partial charge is 0.130 e. The van der Waals surface area contributed by atoms with Gasteiger partial charge in [0.15, 0.2) is 0 Å². The first kappa shape index (κ1) is 13.5. The molecule has 1 heterocycles. The van der Waals surface area contributed by atoms with Crippen LogP contribution in [0.5, 0.6) is 0 Å². The van der Waals surface area contributed by atoms with Crippen molar-refractivity contribution in [3.05, 3.63) is 19.2 Å². The summed E-state index contributed by atoms with van der Waals surface area (Å²) < 4.78 is 2.08. The van der Waals surface area contributed by atoms with Crippen molar-refractivity contribution in [3.63, 3.8) is 0 Å². The van der Waals surface area contributed by atoms with Gasteiger partial charge >= 0.3 is 0 Å². The summed E-state index contributed by atoms with van der Waals surface area (Å²) in [5, 5.41) is 12.7. The molecule has 1 aliphatic rings. The first-order valence-corrected chi connectivity index (χ1v) is 8.21. The number of halogens is 2. The Morgan fingerprint density at radius 2 is 2.06 bits per heavy atom. The second kappa shape index (κ2) is 6.33. The molecule has 1 aromatic heterocycles. The van der Waals surface area contributed by atoms with E-state index in [-0.39, 0.29) is 6.04 Å². The molecule has 17 heavy (non-hydrogen) atoms. The molecule has 1 atom stereocenters. The summed E-state index contributed by atoms with van der Waals surface area (Å²) in [7, 11) is 0. The van der Waals surface area contributed by atoms with Crippen LogP contribution in [0.1, 0.15) is 43.0 Å². The van der Waals surface area contributed by atoms with E-state index in [2.05, 4.69) is 43.2 Å². The minimum absolute atomic E-state index is 0.175. The number of nitriles is 1. The van der Waals surface area contributed by atoms with Crippen molar-refractivity contribution in [2.45, 2.75) is 44.2 Å². The molecule has 2 rings (SSSR count). The predicted molar refractivity (Wildman–Crippen MR) is 78.1 cm³/mol. The SMILES string of the molecule is N#CC(NC1CCCCC1)c1cc(Br)c(Br)s1. The fourth-order valence-electron chi connectivity index (χ4n) is 2.19. The van der Waals surface area contributed by atoms with Gasteiger partial charge in [0.1, 0.15) is 6.04 Å². The van der Waals surface area contributed by atoms with Crippen molar-refractivity contribution in [2.75, 3.05) is 0 Å². The molecule has 1 fully saturated rings. The Labute approximate surface area is 123 Å². The highest BCUT2D eigenvalue weighted by atomic mass is 79.9. The second-order valence-corrected chi connectivity index (χ2v) is 7.59. The monoisotopic (exact) mass is 376 g/mol. The average Bonchev–Trinajstić information content (AvgIpc) is 2.68. The van der Waals surface area contributed by atoms with Crippen molar-refractivity contribution in [3.8, 4) is 6.07 Å². The zero-order valence-corrected chi connectivity index (χ0v) is 13.4. The molecule has 0 aliphatic heterocycles. The largest absolute Gasteiger partial charge is 0.295 e. The standard InChI is InChI=1S/C12H14Br2N2S/c13-9-6-11(17-12(9)14)10(7-15)16-8-4-2-1-3-5-8/h6,8,10,16H,1-5H2. The van der Waals surface area contributed by atoms with Crippen molar-refractivity contribution >= 4 is 43.2 Å². The summed E-state index contributed by atoms with van der Waals surface area (Å²) in [4.78, 5) is 1.08. The number of rotatable bonds is 3. The normalized spacial score (nSPS) is 18.9. The van der Waals surface area contributed by atoms with Crippen molar-refractivity contribution < 1.29 is 0 Å². The van der Waals surface area contributed by atoms with Gasteiger partial charge in [-0.1, -0.05) is 19.3 Å². The summed E-state index contributed by atoms with van der Waals surface area (Å²) >= 11 is 8.56. The van der Waals surface area contributed by atoms with Crippen molar-refractivity contribution in [1.29, 1.82) is 5.26 Å². The zero-order chi connectivity index (χ0) is 12.3. The number of nitrogens with zero attached hydrogens (tertiary/aromatic N) is 1. The van der Waals surface area contributed by atoms with E-state index in [1.807, 2.05) is 6.07 Å². The molecule has 0 saturated heterocycles. The number of thiophene rings is 1. The van der Waals surface area contributed by atoms with E-state index in [9.17, 15) is 5.26 Å². The molecule has 1 unspecified atom stereocenters. The maximum Gasteiger partial charge on any atom is 0.130 e. The Kier molecular flexibility index (Phi) is 5.04. The van der Waals surface area contributed by atoms with Crippen LogP contribution in [-0.4, -0.2) is 6.04 Å². The lowest BCUT2D eigenvalue weighted by Gasteiger charge is -2.24. The van der Waals surface area contributed by atoms with Gasteiger partial charge in [-0.25, -0.2) is 0 Å². The third-order valence-electron chi connectivity index (χ3n) is 3.09. The molecule has 0 bridgehead atoms. The van der Waals surface area contributed by atoms with Gasteiger partial charge < -0.3 is 0 Å². The Morgan fingerprint density at radius 3 is 2.59 bits per heavy atom. The molecule has 92 valence electrons. The first-order chi connectivity index (χ1) is 8.20. The lowest BCUT2D eigenvalue weighted by molar-refractivity contribution is 0.361. The van der Waals surface area contributed by atoms with Crippen LogP contribution in [0.25, 0.3) is 0 Å². The van der Waals surface area contributed by atoms with Crippen molar-refractivity contribution in [1.82, 2.24) is 5.32 Å². The molecule has 1 N–H and O–H groups in total. The van der Waals surface area contributed by atoms with E-state index >= 15 is 0 Å². The Balaban J connectivity index is 2.03. The molecule has 0 radical (unpaired) electrons. The van der Waals surface area contributed by atoms with Crippen LogP contribution in [0.2, 0.25) is 0 Å². The Hall–Kier alpha value is 0.110. The quantitative estimate of drug-likeness (QED) is 0.824. The minimum atomic E-state index is -0.175. The van der Waals surface area contributed by atoms with Gasteiger partial charge in [0, 0.05) is 15.4 Å². The molecule has 1 saturated carbocycles. The van der Waals surface area contributed by atoms with Gasteiger partial charge in [-0.3, -0.25) is 5.32 Å². The molecule has 0 spiro atoms. The molecule has 0 aromatic carbocycles. The van der Waals surface area contributed by atoms with Gasteiger partial charge in [0.05, 0.1) is 9.86 Å². The summed E-state index contributed by atoms with van der Waals surface area (Å²) in [5.41, 5.74) is 0. The Morgan fingerprint density at radius 1 is 1.35 bits per heavy atom. The molecule has 1 aliphatic carbocycles. The van der Waals surface area contributed by atoms with Gasteiger partial charge in [-0.15, -0.1) is 11.3 Å². The average molecular weight is 378 g/mol. The topological polar surface area (TPSA) is 35.8 Å². The van der Waals surface area contributed by atoms with Gasteiger partial charge in [-0.05, 0) is 50.8 Å². The van der Waals surface area contributed by atoms with E-state index in [0.29, 0.717) is 6.04 Å². The third kappa shape index (κ3) is 3.54. The molecular weight excluding hydrogens is 364 g/mol. The second-order valence-electron chi connectivity index (χ2n) is 4.33. The predicted octanol–water partition coefficient (Wildman–Crippen LogP) is 4.76. The highest BCUT2D eigenvalue weighted by Gasteiger charge is 2.20. The van der Waals surface area contributed by atoms with Gasteiger partial charge in [0.25, 0.3) is 0 Å². The van der Waals surface area contributed by atoms with Crippen molar-refractivity contribution in [2.24, 2.45) is 0 Å². The first-order valence-electron chi connectivity index (χ1n) is 5.81. The summed E-state index contributed by atoms with van der Waals surface area (Å²) in [5.74, 6) is 0. The highest BCUT2D eigenvalue weighted by molar-refractivity contribution is 9.13. The fraction of sp³-hybridized carbons (Fsp3) is 0.583. The maximum atomic E-state index is 9.27. The number of hydrogen-bond donors (Lipinski definition) is 1. The lowest BCUT2D eigenvalue weighted by Crippen LogP contribution is -2.33. The summed E-state index contributed by atoms with van der Waals surface area (Å²) in [6.07, 6.45) is 6.31. The number of hydrogen-bond acceptors (Lipinski definition) is 3. The number of nitrogens with one attached hydrogen (secondary N) is 1. The van der Waals surface area contributed by atoms with Gasteiger partial charge in [-0.2, -0.15) is 5.26 Å². The summed E-state index contributed by atoms with van der Waals surface area (Å²) in [6.45, 7) is 0. The fourth-order valence-corrected chi connectivity index (χ4v) is 4.29. The van der Waals surface area contributed by atoms with Crippen LogP contribution in [0.3, 0.4) is 0 Å². The van der Waals surface area contributed by atoms with Gasteiger partial charge in [0.2, 0.25) is 0 Å². The Bertz CT molecular complexity index is 399. The van der Waals surface area contributed by atoms with E-state index in [0.717, 1.165) is 13.1 Å². The molecule has 2 nitrogen and oxygen atoms in total. The van der Waals surface area contributed by atoms with Crippen LogP contribution in [0.4, 0.5) is 0 Å².